The number of Topliss-reactive ketones (excluding diaryl/α,β-unsaturated/α-hetero) is 1. The van der Waals surface area contributed by atoms with E-state index in [9.17, 15) is 14.4 Å². The van der Waals surface area contributed by atoms with Crippen molar-refractivity contribution in [3.63, 3.8) is 0 Å². The van der Waals surface area contributed by atoms with Gasteiger partial charge in [0.1, 0.15) is 17.1 Å². The van der Waals surface area contributed by atoms with Crippen molar-refractivity contribution in [1.29, 1.82) is 0 Å². The third kappa shape index (κ3) is 5.00. The third-order valence-corrected chi connectivity index (χ3v) is 5.91. The van der Waals surface area contributed by atoms with Gasteiger partial charge in [0.15, 0.2) is 5.76 Å². The summed E-state index contributed by atoms with van der Waals surface area (Å²) in [4.78, 5) is 39.4. The molecule has 8 heteroatoms. The van der Waals surface area contributed by atoms with Gasteiger partial charge in [-0.2, -0.15) is 0 Å². The number of nitrogens with one attached hydrogen (secondary N) is 1. The van der Waals surface area contributed by atoms with E-state index in [1.165, 1.54) is 14.2 Å². The van der Waals surface area contributed by atoms with Gasteiger partial charge in [-0.25, -0.2) is 0 Å². The summed E-state index contributed by atoms with van der Waals surface area (Å²) in [5.41, 5.74) is 1.03. The van der Waals surface area contributed by atoms with Gasteiger partial charge in [-0.3, -0.25) is 14.4 Å². The summed E-state index contributed by atoms with van der Waals surface area (Å²) < 4.78 is 16.0. The highest BCUT2D eigenvalue weighted by Gasteiger charge is 2.29. The Morgan fingerprint density at radius 2 is 1.67 bits per heavy atom. The number of fused-ring (bicyclic) bond motifs is 1. The highest BCUT2D eigenvalue weighted by atomic mass is 16.5. The molecule has 1 aliphatic rings. The van der Waals surface area contributed by atoms with Crippen molar-refractivity contribution in [2.45, 2.75) is 12.8 Å². The van der Waals surface area contributed by atoms with Crippen molar-refractivity contribution >= 4 is 28.6 Å². The minimum atomic E-state index is -0.634. The van der Waals surface area contributed by atoms with Gasteiger partial charge in [0.2, 0.25) is 0 Å². The molecule has 2 heterocycles. The summed E-state index contributed by atoms with van der Waals surface area (Å²) in [5, 5.41) is 3.73. The van der Waals surface area contributed by atoms with E-state index in [0.717, 1.165) is 5.39 Å². The second-order valence-electron chi connectivity index (χ2n) is 8.02. The van der Waals surface area contributed by atoms with Crippen LogP contribution in [0.3, 0.4) is 0 Å². The maximum Gasteiger partial charge on any atom is 0.298 e. The molecule has 1 aromatic heterocycles. The van der Waals surface area contributed by atoms with Crippen LogP contribution in [0.25, 0.3) is 11.0 Å². The number of para-hydroxylation sites is 1. The molecular formula is C25H26N2O6. The van der Waals surface area contributed by atoms with Crippen LogP contribution in [0.1, 0.15) is 33.8 Å². The van der Waals surface area contributed by atoms with Crippen molar-refractivity contribution in [2.75, 3.05) is 33.9 Å². The SMILES string of the molecule is COc1cc(OC)cc(C(=O)NCC2CCN(C(=O)C(=O)c3cc4ccccc4o3)CC2)c1. The van der Waals surface area contributed by atoms with Gasteiger partial charge < -0.3 is 24.1 Å². The molecule has 1 fully saturated rings. The van der Waals surface area contributed by atoms with Crippen LogP contribution in [-0.4, -0.2) is 56.4 Å². The molecule has 0 saturated carbocycles. The molecular weight excluding hydrogens is 424 g/mol. The fourth-order valence-electron chi connectivity index (χ4n) is 3.96. The largest absolute Gasteiger partial charge is 0.497 e. The number of likely N-dealkylation sites (tertiary alicyclic amines) is 1. The third-order valence-electron chi connectivity index (χ3n) is 5.91. The number of furan rings is 1. The number of ether oxygens (including phenoxy) is 2. The summed E-state index contributed by atoms with van der Waals surface area (Å²) in [5.74, 6) is -0.0484. The van der Waals surface area contributed by atoms with Crippen LogP contribution >= 0.6 is 0 Å². The smallest absolute Gasteiger partial charge is 0.298 e. The number of ketones is 1. The Morgan fingerprint density at radius 3 is 2.30 bits per heavy atom. The molecule has 2 amide bonds. The number of hydrogen-bond acceptors (Lipinski definition) is 6. The molecule has 0 radical (unpaired) electrons. The Morgan fingerprint density at radius 1 is 1.00 bits per heavy atom. The van der Waals surface area contributed by atoms with Crippen molar-refractivity contribution in [3.8, 4) is 11.5 Å². The Balaban J connectivity index is 1.29. The van der Waals surface area contributed by atoms with Crippen LogP contribution in [0, 0.1) is 5.92 Å². The van der Waals surface area contributed by atoms with Crippen molar-refractivity contribution < 1.29 is 28.3 Å². The molecule has 0 spiro atoms. The Labute approximate surface area is 191 Å². The highest BCUT2D eigenvalue weighted by molar-refractivity contribution is 6.42. The number of amides is 2. The van der Waals surface area contributed by atoms with Gasteiger partial charge in [0.05, 0.1) is 14.2 Å². The van der Waals surface area contributed by atoms with E-state index >= 15 is 0 Å². The molecule has 0 bridgehead atoms. The number of carbonyl (C=O) groups excluding carboxylic acids is 3. The van der Waals surface area contributed by atoms with Crippen LogP contribution < -0.4 is 14.8 Å². The highest BCUT2D eigenvalue weighted by Crippen LogP contribution is 2.24. The van der Waals surface area contributed by atoms with E-state index in [1.807, 2.05) is 18.2 Å². The van der Waals surface area contributed by atoms with E-state index in [2.05, 4.69) is 5.32 Å². The van der Waals surface area contributed by atoms with Gasteiger partial charge >= 0.3 is 0 Å². The van der Waals surface area contributed by atoms with E-state index < -0.39 is 11.7 Å². The molecule has 8 nitrogen and oxygen atoms in total. The standard InChI is InChI=1S/C25H26N2O6/c1-31-19-11-18(12-20(14-19)32-2)24(29)26-15-16-7-9-27(10-8-16)25(30)23(28)22-13-17-5-3-4-6-21(17)33-22/h3-6,11-14,16H,7-10,15H2,1-2H3,(H,26,29). The predicted molar refractivity (Wildman–Crippen MR) is 122 cm³/mol. The van der Waals surface area contributed by atoms with Crippen LogP contribution in [0.2, 0.25) is 0 Å². The number of piperidine rings is 1. The summed E-state index contributed by atoms with van der Waals surface area (Å²) in [7, 11) is 3.06. The fraction of sp³-hybridized carbons (Fsp3) is 0.320. The first-order valence-electron chi connectivity index (χ1n) is 10.8. The number of hydrogen-bond donors (Lipinski definition) is 1. The first kappa shape index (κ1) is 22.4. The van der Waals surface area contributed by atoms with E-state index in [4.69, 9.17) is 13.9 Å². The van der Waals surface area contributed by atoms with Crippen molar-refractivity contribution in [1.82, 2.24) is 10.2 Å². The maximum absolute atomic E-state index is 12.7. The lowest BCUT2D eigenvalue weighted by Crippen LogP contribution is -2.44. The zero-order valence-corrected chi connectivity index (χ0v) is 18.6. The van der Waals surface area contributed by atoms with Gasteiger partial charge in [-0.05, 0) is 43.0 Å². The second-order valence-corrected chi connectivity index (χ2v) is 8.02. The fourth-order valence-corrected chi connectivity index (χ4v) is 3.96. The summed E-state index contributed by atoms with van der Waals surface area (Å²) in [6.45, 7) is 1.40. The molecule has 2 aromatic carbocycles. The Kier molecular flexibility index (Phi) is 6.63. The van der Waals surface area contributed by atoms with Gasteiger partial charge in [0, 0.05) is 36.7 Å². The predicted octanol–water partition coefficient (Wildman–Crippen LogP) is 3.30. The first-order chi connectivity index (χ1) is 16.0. The van der Waals surface area contributed by atoms with Crippen molar-refractivity contribution in [3.05, 3.63) is 59.9 Å². The Hall–Kier alpha value is -3.81. The van der Waals surface area contributed by atoms with Gasteiger partial charge in [0.25, 0.3) is 17.6 Å². The lowest BCUT2D eigenvalue weighted by Gasteiger charge is -2.31. The summed E-state index contributed by atoms with van der Waals surface area (Å²) >= 11 is 0. The summed E-state index contributed by atoms with van der Waals surface area (Å²) in [6, 6.07) is 13.9. The molecule has 3 aromatic rings. The number of carbonyl (C=O) groups is 3. The molecule has 1 saturated heterocycles. The molecule has 1 aliphatic heterocycles. The maximum atomic E-state index is 12.7. The van der Waals surface area contributed by atoms with Crippen LogP contribution in [-0.2, 0) is 4.79 Å². The van der Waals surface area contributed by atoms with Gasteiger partial charge in [-0.15, -0.1) is 0 Å². The van der Waals surface area contributed by atoms with Crippen molar-refractivity contribution in [2.24, 2.45) is 5.92 Å². The minimum Gasteiger partial charge on any atom is -0.497 e. The quantitative estimate of drug-likeness (QED) is 0.438. The van der Waals surface area contributed by atoms with Crippen LogP contribution in [0.5, 0.6) is 11.5 Å². The molecule has 1 N–H and O–H groups in total. The molecule has 0 aliphatic carbocycles. The van der Waals surface area contributed by atoms with Gasteiger partial charge in [-0.1, -0.05) is 18.2 Å². The normalized spacial score (nSPS) is 14.2. The average Bonchev–Trinajstić information content (AvgIpc) is 3.30. The zero-order chi connectivity index (χ0) is 23.4. The summed E-state index contributed by atoms with van der Waals surface area (Å²) in [6.07, 6.45) is 1.39. The zero-order valence-electron chi connectivity index (χ0n) is 18.6. The molecule has 4 rings (SSSR count). The average molecular weight is 450 g/mol. The number of rotatable bonds is 7. The van der Waals surface area contributed by atoms with E-state index in [-0.39, 0.29) is 17.6 Å². The number of benzene rings is 2. The topological polar surface area (TPSA) is 98.1 Å². The first-order valence-corrected chi connectivity index (χ1v) is 10.8. The lowest BCUT2D eigenvalue weighted by molar-refractivity contribution is -0.127. The number of methoxy groups -OCH3 is 2. The van der Waals surface area contributed by atoms with E-state index in [1.54, 1.807) is 35.2 Å². The van der Waals surface area contributed by atoms with E-state index in [0.29, 0.717) is 55.1 Å². The van der Waals surface area contributed by atoms with Crippen LogP contribution in [0.4, 0.5) is 0 Å². The second kappa shape index (κ2) is 9.77. The number of nitrogens with zero attached hydrogens (tertiary/aromatic N) is 1. The molecule has 33 heavy (non-hydrogen) atoms. The Bertz CT molecular complexity index is 1120. The molecule has 0 unspecified atom stereocenters. The monoisotopic (exact) mass is 450 g/mol. The molecule has 0 atom stereocenters. The minimum absolute atomic E-state index is 0.0595. The lowest BCUT2D eigenvalue weighted by atomic mass is 9.96. The molecule has 172 valence electrons. The van der Waals surface area contributed by atoms with Crippen LogP contribution in [0.15, 0.2) is 52.9 Å².